The minimum absolute atomic E-state index is 0.145. The number of aryl methyl sites for hydroxylation is 1. The van der Waals surface area contributed by atoms with Gasteiger partial charge < -0.3 is 5.73 Å². The van der Waals surface area contributed by atoms with Crippen LogP contribution in [0.2, 0.25) is 0 Å². The van der Waals surface area contributed by atoms with E-state index >= 15 is 0 Å². The van der Waals surface area contributed by atoms with Crippen LogP contribution in [0.15, 0.2) is 18.2 Å². The van der Waals surface area contributed by atoms with Crippen molar-refractivity contribution in [1.29, 1.82) is 0 Å². The van der Waals surface area contributed by atoms with E-state index in [0.717, 1.165) is 6.07 Å². The molecule has 19 heavy (non-hydrogen) atoms. The highest BCUT2D eigenvalue weighted by Gasteiger charge is 2.32. The molecule has 1 aromatic heterocycles. The van der Waals surface area contributed by atoms with Crippen molar-refractivity contribution in [1.82, 2.24) is 20.2 Å². The number of aromatic nitrogens is 4. The summed E-state index contributed by atoms with van der Waals surface area (Å²) in [6.45, 7) is 3.06. The van der Waals surface area contributed by atoms with Gasteiger partial charge in [0.15, 0.2) is 5.82 Å². The molecule has 0 aliphatic heterocycles. The fraction of sp³-hybridized carbons (Fsp3) is 0.364. The zero-order valence-corrected chi connectivity index (χ0v) is 10.3. The summed E-state index contributed by atoms with van der Waals surface area (Å²) in [7, 11) is 0. The third-order valence-corrected chi connectivity index (χ3v) is 2.67. The van der Waals surface area contributed by atoms with Crippen LogP contribution in [0.5, 0.6) is 0 Å². The van der Waals surface area contributed by atoms with E-state index in [-0.39, 0.29) is 11.3 Å². The number of alkyl halides is 3. The van der Waals surface area contributed by atoms with Crippen LogP contribution in [0.25, 0.3) is 5.69 Å². The van der Waals surface area contributed by atoms with Crippen molar-refractivity contribution in [2.45, 2.75) is 26.1 Å². The molecule has 2 rings (SSSR count). The second kappa shape index (κ2) is 4.61. The second-order valence-corrected chi connectivity index (χ2v) is 4.23. The van der Waals surface area contributed by atoms with E-state index in [0.29, 0.717) is 5.82 Å². The number of benzene rings is 1. The Balaban J connectivity index is 2.55. The predicted molar refractivity (Wildman–Crippen MR) is 61.5 cm³/mol. The lowest BCUT2D eigenvalue weighted by Gasteiger charge is -2.13. The minimum Gasteiger partial charge on any atom is -0.321 e. The number of hydrogen-bond donors (Lipinski definition) is 1. The summed E-state index contributed by atoms with van der Waals surface area (Å²) in [5, 5.41) is 10.8. The fourth-order valence-electron chi connectivity index (χ4n) is 1.71. The van der Waals surface area contributed by atoms with Crippen molar-refractivity contribution < 1.29 is 13.2 Å². The molecule has 8 heteroatoms. The van der Waals surface area contributed by atoms with Gasteiger partial charge in [-0.15, -0.1) is 5.10 Å². The van der Waals surface area contributed by atoms with E-state index in [2.05, 4.69) is 15.5 Å². The van der Waals surface area contributed by atoms with Gasteiger partial charge in [-0.3, -0.25) is 0 Å². The largest absolute Gasteiger partial charge is 0.416 e. The third-order valence-electron chi connectivity index (χ3n) is 2.67. The normalized spacial score (nSPS) is 13.6. The Morgan fingerprint density at radius 1 is 1.32 bits per heavy atom. The van der Waals surface area contributed by atoms with Gasteiger partial charge in [-0.05, 0) is 42.0 Å². The first kappa shape index (κ1) is 13.5. The Hall–Kier alpha value is -1.96. The maximum atomic E-state index is 12.8. The van der Waals surface area contributed by atoms with Crippen LogP contribution in [0, 0.1) is 6.92 Å². The number of hydrogen-bond acceptors (Lipinski definition) is 4. The van der Waals surface area contributed by atoms with Crippen molar-refractivity contribution in [3.63, 3.8) is 0 Å². The topological polar surface area (TPSA) is 69.6 Å². The molecule has 2 aromatic rings. The number of tetrazole rings is 1. The molecule has 1 heterocycles. The first-order valence-electron chi connectivity index (χ1n) is 5.53. The SMILES string of the molecule is Cc1ccc(-n2nnnc2C(C)N)cc1C(F)(F)F. The maximum absolute atomic E-state index is 12.8. The molecule has 2 N–H and O–H groups in total. The van der Waals surface area contributed by atoms with Gasteiger partial charge in [-0.1, -0.05) is 6.07 Å². The van der Waals surface area contributed by atoms with E-state index in [1.54, 1.807) is 6.92 Å². The molecule has 0 saturated carbocycles. The van der Waals surface area contributed by atoms with Crippen molar-refractivity contribution in [2.24, 2.45) is 5.73 Å². The van der Waals surface area contributed by atoms with E-state index in [4.69, 9.17) is 5.73 Å². The van der Waals surface area contributed by atoms with Crippen LogP contribution in [0.3, 0.4) is 0 Å². The molecule has 0 saturated heterocycles. The molecule has 0 aliphatic rings. The van der Waals surface area contributed by atoms with Crippen molar-refractivity contribution in [3.8, 4) is 5.69 Å². The summed E-state index contributed by atoms with van der Waals surface area (Å²) in [6, 6.07) is 3.43. The lowest BCUT2D eigenvalue weighted by atomic mass is 10.1. The van der Waals surface area contributed by atoms with Gasteiger partial charge in [-0.2, -0.15) is 17.9 Å². The molecule has 102 valence electrons. The average molecular weight is 271 g/mol. The summed E-state index contributed by atoms with van der Waals surface area (Å²) < 4.78 is 39.7. The lowest BCUT2D eigenvalue weighted by Crippen LogP contribution is -2.14. The standard InChI is InChI=1S/C11H12F3N5/c1-6-3-4-8(5-9(6)11(12,13)14)19-10(7(2)15)16-17-18-19/h3-5,7H,15H2,1-2H3. The third kappa shape index (κ3) is 2.58. The first-order valence-corrected chi connectivity index (χ1v) is 5.53. The molecule has 0 bridgehead atoms. The quantitative estimate of drug-likeness (QED) is 0.907. The molecule has 1 atom stereocenters. The average Bonchev–Trinajstić information content (AvgIpc) is 2.77. The molecule has 0 aliphatic carbocycles. The van der Waals surface area contributed by atoms with Crippen molar-refractivity contribution >= 4 is 0 Å². The Morgan fingerprint density at radius 2 is 2.00 bits per heavy atom. The highest BCUT2D eigenvalue weighted by atomic mass is 19.4. The van der Waals surface area contributed by atoms with Crippen LogP contribution < -0.4 is 5.73 Å². The first-order chi connectivity index (χ1) is 8.80. The predicted octanol–water partition coefficient (Wildman–Crippen LogP) is 2.01. The molecular weight excluding hydrogens is 259 g/mol. The summed E-state index contributed by atoms with van der Waals surface area (Å²) in [6.07, 6.45) is -4.41. The smallest absolute Gasteiger partial charge is 0.321 e. The summed E-state index contributed by atoms with van der Waals surface area (Å²) in [5.41, 5.74) is 5.33. The Bertz CT molecular complexity index is 588. The van der Waals surface area contributed by atoms with E-state index in [1.165, 1.54) is 23.7 Å². The monoisotopic (exact) mass is 271 g/mol. The van der Waals surface area contributed by atoms with E-state index in [1.807, 2.05) is 0 Å². The van der Waals surface area contributed by atoms with E-state index < -0.39 is 17.8 Å². The van der Waals surface area contributed by atoms with Crippen LogP contribution in [0.1, 0.15) is 29.9 Å². The van der Waals surface area contributed by atoms with Crippen LogP contribution in [0.4, 0.5) is 13.2 Å². The van der Waals surface area contributed by atoms with Crippen LogP contribution in [-0.4, -0.2) is 20.2 Å². The fourth-order valence-corrected chi connectivity index (χ4v) is 1.71. The molecule has 0 radical (unpaired) electrons. The minimum atomic E-state index is -4.41. The number of nitrogens with two attached hydrogens (primary N) is 1. The second-order valence-electron chi connectivity index (χ2n) is 4.23. The summed E-state index contributed by atoms with van der Waals surface area (Å²) in [4.78, 5) is 0. The summed E-state index contributed by atoms with van der Waals surface area (Å²) in [5.74, 6) is 0.303. The summed E-state index contributed by atoms with van der Waals surface area (Å²) >= 11 is 0. The number of rotatable bonds is 2. The molecule has 5 nitrogen and oxygen atoms in total. The van der Waals surface area contributed by atoms with Gasteiger partial charge in [0.1, 0.15) is 0 Å². The Morgan fingerprint density at radius 3 is 2.58 bits per heavy atom. The molecule has 0 amide bonds. The molecule has 0 spiro atoms. The zero-order chi connectivity index (χ0) is 14.2. The Kier molecular flexibility index (Phi) is 3.27. The molecule has 1 aromatic carbocycles. The van der Waals surface area contributed by atoms with Gasteiger partial charge in [-0.25, -0.2) is 0 Å². The van der Waals surface area contributed by atoms with Crippen LogP contribution >= 0.6 is 0 Å². The van der Waals surface area contributed by atoms with Gasteiger partial charge in [0.2, 0.25) is 0 Å². The maximum Gasteiger partial charge on any atom is 0.416 e. The molecule has 0 fully saturated rings. The lowest BCUT2D eigenvalue weighted by molar-refractivity contribution is -0.138. The van der Waals surface area contributed by atoms with Gasteiger partial charge in [0, 0.05) is 0 Å². The zero-order valence-electron chi connectivity index (χ0n) is 10.3. The van der Waals surface area contributed by atoms with E-state index in [9.17, 15) is 13.2 Å². The van der Waals surface area contributed by atoms with Gasteiger partial charge >= 0.3 is 6.18 Å². The molecule has 1 unspecified atom stereocenters. The van der Waals surface area contributed by atoms with Gasteiger partial charge in [0.25, 0.3) is 0 Å². The van der Waals surface area contributed by atoms with Crippen LogP contribution in [-0.2, 0) is 6.18 Å². The number of halogens is 3. The highest BCUT2D eigenvalue weighted by molar-refractivity contribution is 5.41. The van der Waals surface area contributed by atoms with Crippen molar-refractivity contribution in [3.05, 3.63) is 35.2 Å². The van der Waals surface area contributed by atoms with Gasteiger partial charge in [0.05, 0.1) is 17.3 Å². The molecular formula is C11H12F3N5. The Labute approximate surface area is 107 Å². The van der Waals surface area contributed by atoms with Crippen molar-refractivity contribution in [2.75, 3.05) is 0 Å². The highest BCUT2D eigenvalue weighted by Crippen LogP contribution is 2.33. The number of nitrogens with zero attached hydrogens (tertiary/aromatic N) is 4.